The Labute approximate surface area is 66.8 Å². The van der Waals surface area contributed by atoms with E-state index in [1.165, 1.54) is 6.92 Å². The topological polar surface area (TPSA) is 64.4 Å². The summed E-state index contributed by atoms with van der Waals surface area (Å²) in [4.78, 5) is 14.3. The van der Waals surface area contributed by atoms with Crippen LogP contribution in [0.2, 0.25) is 0 Å². The zero-order valence-electron chi connectivity index (χ0n) is 6.31. The van der Waals surface area contributed by atoms with Crippen LogP contribution in [-0.4, -0.2) is 24.7 Å². The predicted octanol–water partition coefficient (Wildman–Crippen LogP) is -0.0563. The van der Waals surface area contributed by atoms with E-state index < -0.39 is 24.7 Å². The highest BCUT2D eigenvalue weighted by Crippen LogP contribution is 2.13. The molecule has 0 unspecified atom stereocenters. The van der Waals surface area contributed by atoms with Crippen molar-refractivity contribution in [1.82, 2.24) is 5.48 Å². The number of carbonyl (C=O) groups excluding carboxylic acids is 1. The summed E-state index contributed by atoms with van der Waals surface area (Å²) >= 11 is 0. The smallest absolute Gasteiger partial charge is 0.320 e. The van der Waals surface area contributed by atoms with E-state index in [-0.39, 0.29) is 0 Å². The highest BCUT2D eigenvalue weighted by molar-refractivity contribution is 5.79. The summed E-state index contributed by atoms with van der Waals surface area (Å²) < 4.78 is 34.2. The molecule has 0 spiro atoms. The SMILES string of the molecule is C[C@@H](N)C(=O)NOCC(F)(F)F. The molecule has 0 aliphatic rings. The van der Waals surface area contributed by atoms with Crippen LogP contribution in [-0.2, 0) is 9.63 Å². The van der Waals surface area contributed by atoms with Gasteiger partial charge in [0.05, 0.1) is 6.04 Å². The molecule has 72 valence electrons. The van der Waals surface area contributed by atoms with Gasteiger partial charge in [-0.3, -0.25) is 9.63 Å². The number of rotatable bonds is 3. The van der Waals surface area contributed by atoms with Gasteiger partial charge in [0.2, 0.25) is 0 Å². The fraction of sp³-hybridized carbons (Fsp3) is 0.800. The third-order valence-corrected chi connectivity index (χ3v) is 0.822. The Hall–Kier alpha value is -0.820. The minimum absolute atomic E-state index is 0.792. The van der Waals surface area contributed by atoms with E-state index in [9.17, 15) is 18.0 Å². The van der Waals surface area contributed by atoms with Crippen LogP contribution in [0, 0.1) is 0 Å². The molecule has 0 radical (unpaired) electrons. The summed E-state index contributed by atoms with van der Waals surface area (Å²) in [6.07, 6.45) is -4.45. The molecule has 1 atom stereocenters. The maximum Gasteiger partial charge on any atom is 0.414 e. The van der Waals surface area contributed by atoms with Gasteiger partial charge in [-0.15, -0.1) is 0 Å². The highest BCUT2D eigenvalue weighted by Gasteiger charge is 2.28. The quantitative estimate of drug-likeness (QED) is 0.607. The minimum atomic E-state index is -4.45. The molecule has 0 bridgehead atoms. The molecular weight excluding hydrogens is 177 g/mol. The molecule has 0 aromatic carbocycles. The number of alkyl halides is 3. The Balaban J connectivity index is 3.51. The molecule has 7 heteroatoms. The van der Waals surface area contributed by atoms with Crippen molar-refractivity contribution in [3.63, 3.8) is 0 Å². The van der Waals surface area contributed by atoms with Crippen molar-refractivity contribution in [3.8, 4) is 0 Å². The van der Waals surface area contributed by atoms with Crippen molar-refractivity contribution < 1.29 is 22.8 Å². The van der Waals surface area contributed by atoms with E-state index in [2.05, 4.69) is 4.84 Å². The fourth-order valence-corrected chi connectivity index (χ4v) is 0.282. The van der Waals surface area contributed by atoms with Gasteiger partial charge in [0.15, 0.2) is 6.61 Å². The summed E-state index contributed by atoms with van der Waals surface area (Å²) in [7, 11) is 0. The zero-order valence-corrected chi connectivity index (χ0v) is 6.31. The number of halogens is 3. The first-order chi connectivity index (χ1) is 5.33. The van der Waals surface area contributed by atoms with Crippen LogP contribution in [0.15, 0.2) is 0 Å². The number of carbonyl (C=O) groups is 1. The molecule has 0 fully saturated rings. The van der Waals surface area contributed by atoms with Gasteiger partial charge < -0.3 is 5.73 Å². The largest absolute Gasteiger partial charge is 0.414 e. The highest BCUT2D eigenvalue weighted by atomic mass is 19.4. The Kier molecular flexibility index (Phi) is 3.98. The summed E-state index contributed by atoms with van der Waals surface area (Å²) in [6.45, 7) is -0.197. The van der Waals surface area contributed by atoms with Crippen molar-refractivity contribution in [2.45, 2.75) is 19.1 Å². The van der Waals surface area contributed by atoms with Crippen molar-refractivity contribution in [2.75, 3.05) is 6.61 Å². The number of hydroxylamine groups is 1. The lowest BCUT2D eigenvalue weighted by Gasteiger charge is -2.09. The zero-order chi connectivity index (χ0) is 9.78. The molecule has 4 nitrogen and oxygen atoms in total. The van der Waals surface area contributed by atoms with Crippen LogP contribution in [0.1, 0.15) is 6.92 Å². The first-order valence-electron chi connectivity index (χ1n) is 3.07. The molecule has 0 heterocycles. The Morgan fingerprint density at radius 3 is 2.50 bits per heavy atom. The molecule has 0 rings (SSSR count). The van der Waals surface area contributed by atoms with Crippen molar-refractivity contribution in [3.05, 3.63) is 0 Å². The van der Waals surface area contributed by atoms with E-state index in [0.29, 0.717) is 0 Å². The summed E-state index contributed by atoms with van der Waals surface area (Å²) in [5, 5.41) is 0. The monoisotopic (exact) mass is 186 g/mol. The number of nitrogens with one attached hydrogen (secondary N) is 1. The molecule has 0 saturated heterocycles. The fourth-order valence-electron chi connectivity index (χ4n) is 0.282. The maximum atomic E-state index is 11.4. The third kappa shape index (κ3) is 5.93. The summed E-state index contributed by atoms with van der Waals surface area (Å²) in [5.74, 6) is -0.792. The van der Waals surface area contributed by atoms with Crippen molar-refractivity contribution >= 4 is 5.91 Å². The Morgan fingerprint density at radius 2 is 2.17 bits per heavy atom. The first-order valence-corrected chi connectivity index (χ1v) is 3.07. The van der Waals surface area contributed by atoms with Crippen LogP contribution in [0.25, 0.3) is 0 Å². The minimum Gasteiger partial charge on any atom is -0.320 e. The molecule has 0 aromatic rings. The van der Waals surface area contributed by atoms with Crippen molar-refractivity contribution in [2.24, 2.45) is 5.73 Å². The first kappa shape index (κ1) is 11.2. The van der Waals surface area contributed by atoms with Gasteiger partial charge in [-0.1, -0.05) is 0 Å². The Morgan fingerprint density at radius 1 is 1.67 bits per heavy atom. The van der Waals surface area contributed by atoms with Gasteiger partial charge in [-0.2, -0.15) is 13.2 Å². The Bertz CT molecular complexity index is 157. The van der Waals surface area contributed by atoms with Crippen LogP contribution in [0.3, 0.4) is 0 Å². The average molecular weight is 186 g/mol. The molecular formula is C5H9F3N2O2. The second-order valence-electron chi connectivity index (χ2n) is 2.16. The van der Waals surface area contributed by atoms with Gasteiger partial charge in [-0.25, -0.2) is 5.48 Å². The van der Waals surface area contributed by atoms with Gasteiger partial charge in [0.25, 0.3) is 5.91 Å². The predicted molar refractivity (Wildman–Crippen MR) is 33.8 cm³/mol. The van der Waals surface area contributed by atoms with Gasteiger partial charge in [-0.05, 0) is 6.92 Å². The molecule has 0 saturated carbocycles. The number of hydrogen-bond donors (Lipinski definition) is 2. The van der Waals surface area contributed by atoms with E-state index >= 15 is 0 Å². The van der Waals surface area contributed by atoms with Crippen LogP contribution in [0.5, 0.6) is 0 Å². The molecule has 0 aliphatic carbocycles. The van der Waals surface area contributed by atoms with E-state index in [4.69, 9.17) is 5.73 Å². The van der Waals surface area contributed by atoms with Gasteiger partial charge in [0.1, 0.15) is 0 Å². The maximum absolute atomic E-state index is 11.4. The lowest BCUT2D eigenvalue weighted by atomic mass is 10.4. The van der Waals surface area contributed by atoms with Crippen LogP contribution in [0.4, 0.5) is 13.2 Å². The van der Waals surface area contributed by atoms with Crippen LogP contribution >= 0.6 is 0 Å². The van der Waals surface area contributed by atoms with E-state index in [1.807, 2.05) is 0 Å². The normalized spacial score (nSPS) is 14.1. The molecule has 12 heavy (non-hydrogen) atoms. The summed E-state index contributed by atoms with van der Waals surface area (Å²) in [6, 6.07) is -0.891. The van der Waals surface area contributed by atoms with Crippen molar-refractivity contribution in [1.29, 1.82) is 0 Å². The lowest BCUT2D eigenvalue weighted by Crippen LogP contribution is -2.39. The average Bonchev–Trinajstić information content (AvgIpc) is 1.84. The third-order valence-electron chi connectivity index (χ3n) is 0.822. The standard InChI is InChI=1S/C5H9F3N2O2/c1-3(9)4(11)10-12-2-5(6,7)8/h3H,2,9H2,1H3,(H,10,11)/t3-/m1/s1. The molecule has 1 amide bonds. The van der Waals surface area contributed by atoms with E-state index in [0.717, 1.165) is 0 Å². The number of hydrogen-bond acceptors (Lipinski definition) is 3. The second-order valence-corrected chi connectivity index (χ2v) is 2.16. The number of amides is 1. The second kappa shape index (κ2) is 4.27. The van der Waals surface area contributed by atoms with Gasteiger partial charge >= 0.3 is 6.18 Å². The van der Waals surface area contributed by atoms with E-state index in [1.54, 1.807) is 5.48 Å². The lowest BCUT2D eigenvalue weighted by molar-refractivity contribution is -0.192. The molecule has 0 aliphatic heterocycles. The van der Waals surface area contributed by atoms with Crippen LogP contribution < -0.4 is 11.2 Å². The van der Waals surface area contributed by atoms with Gasteiger partial charge in [0, 0.05) is 0 Å². The summed E-state index contributed by atoms with van der Waals surface area (Å²) in [5.41, 5.74) is 6.57. The number of nitrogens with two attached hydrogens (primary N) is 1. The molecule has 3 N–H and O–H groups in total. The molecule has 0 aromatic heterocycles.